The molecular formula is C13H27N3O2S. The van der Waals surface area contributed by atoms with E-state index in [1.807, 2.05) is 0 Å². The van der Waals surface area contributed by atoms with Gasteiger partial charge in [0, 0.05) is 32.2 Å². The molecule has 0 radical (unpaired) electrons. The first-order valence-corrected chi connectivity index (χ1v) is 8.81. The van der Waals surface area contributed by atoms with E-state index in [0.717, 1.165) is 25.7 Å². The van der Waals surface area contributed by atoms with E-state index in [4.69, 9.17) is 5.73 Å². The third-order valence-electron chi connectivity index (χ3n) is 4.30. The Morgan fingerprint density at radius 2 is 1.79 bits per heavy atom. The van der Waals surface area contributed by atoms with Gasteiger partial charge in [0.25, 0.3) is 10.2 Å². The van der Waals surface area contributed by atoms with Crippen molar-refractivity contribution in [2.45, 2.75) is 45.6 Å². The second kappa shape index (κ2) is 6.08. The van der Waals surface area contributed by atoms with Crippen LogP contribution in [0.25, 0.3) is 0 Å². The molecule has 0 aromatic heterocycles. The minimum absolute atomic E-state index is 0.00807. The van der Waals surface area contributed by atoms with Gasteiger partial charge in [0.05, 0.1) is 0 Å². The average Bonchev–Trinajstić information content (AvgIpc) is 2.37. The van der Waals surface area contributed by atoms with Gasteiger partial charge >= 0.3 is 0 Å². The SMILES string of the molecule is C[C@@H]1C[C@@H](C)CN(S(=O)(=O)N2CCCC[C@@H]2CN)C1. The number of rotatable bonds is 3. The first-order chi connectivity index (χ1) is 8.95. The van der Waals surface area contributed by atoms with Crippen LogP contribution in [0.4, 0.5) is 0 Å². The molecule has 2 N–H and O–H groups in total. The van der Waals surface area contributed by atoms with Gasteiger partial charge in [-0.05, 0) is 31.1 Å². The maximum atomic E-state index is 12.8. The molecule has 0 saturated carbocycles. The summed E-state index contributed by atoms with van der Waals surface area (Å²) in [6.45, 7) is 6.63. The summed E-state index contributed by atoms with van der Waals surface area (Å²) in [6, 6.07) is -0.00807. The third-order valence-corrected chi connectivity index (χ3v) is 6.33. The molecule has 0 amide bonds. The fourth-order valence-electron chi connectivity index (χ4n) is 3.46. The summed E-state index contributed by atoms with van der Waals surface area (Å²) in [5, 5.41) is 0. The van der Waals surface area contributed by atoms with Crippen LogP contribution in [0.15, 0.2) is 0 Å². The Morgan fingerprint density at radius 3 is 2.37 bits per heavy atom. The van der Waals surface area contributed by atoms with Crippen molar-refractivity contribution in [1.29, 1.82) is 0 Å². The molecule has 19 heavy (non-hydrogen) atoms. The zero-order valence-electron chi connectivity index (χ0n) is 12.1. The van der Waals surface area contributed by atoms with Crippen LogP contribution in [-0.4, -0.2) is 49.2 Å². The minimum atomic E-state index is -3.33. The van der Waals surface area contributed by atoms with E-state index in [2.05, 4.69) is 13.8 Å². The summed E-state index contributed by atoms with van der Waals surface area (Å²) in [5.74, 6) is 0.888. The lowest BCUT2D eigenvalue weighted by Crippen LogP contribution is -2.55. The molecule has 0 aliphatic carbocycles. The molecule has 2 saturated heterocycles. The molecule has 0 unspecified atom stereocenters. The molecule has 5 nitrogen and oxygen atoms in total. The Labute approximate surface area is 117 Å². The van der Waals surface area contributed by atoms with Crippen LogP contribution in [0.5, 0.6) is 0 Å². The number of nitrogens with two attached hydrogens (primary N) is 1. The van der Waals surface area contributed by atoms with Gasteiger partial charge in [0.1, 0.15) is 0 Å². The molecular weight excluding hydrogens is 262 g/mol. The number of piperidine rings is 2. The summed E-state index contributed by atoms with van der Waals surface area (Å²) in [4.78, 5) is 0. The highest BCUT2D eigenvalue weighted by molar-refractivity contribution is 7.86. The normalized spacial score (nSPS) is 35.4. The first-order valence-electron chi connectivity index (χ1n) is 7.42. The highest BCUT2D eigenvalue weighted by Gasteiger charge is 2.38. The molecule has 0 aromatic carbocycles. The van der Waals surface area contributed by atoms with Crippen molar-refractivity contribution in [3.05, 3.63) is 0 Å². The Balaban J connectivity index is 2.16. The number of hydrogen-bond donors (Lipinski definition) is 1. The maximum Gasteiger partial charge on any atom is 0.282 e. The monoisotopic (exact) mass is 289 g/mol. The van der Waals surface area contributed by atoms with Gasteiger partial charge in [-0.15, -0.1) is 0 Å². The minimum Gasteiger partial charge on any atom is -0.329 e. The van der Waals surface area contributed by atoms with Crippen LogP contribution in [0.1, 0.15) is 39.5 Å². The lowest BCUT2D eigenvalue weighted by atomic mass is 9.94. The van der Waals surface area contributed by atoms with E-state index >= 15 is 0 Å². The molecule has 0 spiro atoms. The fraction of sp³-hybridized carbons (Fsp3) is 1.00. The summed E-state index contributed by atoms with van der Waals surface area (Å²) in [5.41, 5.74) is 5.75. The summed E-state index contributed by atoms with van der Waals surface area (Å²) in [7, 11) is -3.33. The van der Waals surface area contributed by atoms with Crippen LogP contribution in [0, 0.1) is 11.8 Å². The molecule has 0 bridgehead atoms. The van der Waals surface area contributed by atoms with Gasteiger partial charge in [-0.1, -0.05) is 20.3 Å². The summed E-state index contributed by atoms with van der Waals surface area (Å²) >= 11 is 0. The Bertz CT molecular complexity index is 389. The van der Waals surface area contributed by atoms with Crippen LogP contribution < -0.4 is 5.73 Å². The van der Waals surface area contributed by atoms with Crippen LogP contribution in [-0.2, 0) is 10.2 Å². The maximum absolute atomic E-state index is 12.8. The summed E-state index contributed by atoms with van der Waals surface area (Å²) < 4.78 is 28.9. The first kappa shape index (κ1) is 15.2. The van der Waals surface area contributed by atoms with Crippen molar-refractivity contribution in [3.63, 3.8) is 0 Å². The lowest BCUT2D eigenvalue weighted by Gasteiger charge is -2.41. The smallest absolute Gasteiger partial charge is 0.282 e. The second-order valence-corrected chi connectivity index (χ2v) is 8.15. The largest absolute Gasteiger partial charge is 0.329 e. The van der Waals surface area contributed by atoms with E-state index in [-0.39, 0.29) is 6.04 Å². The molecule has 0 aromatic rings. The molecule has 2 rings (SSSR count). The highest BCUT2D eigenvalue weighted by Crippen LogP contribution is 2.28. The van der Waals surface area contributed by atoms with Gasteiger partial charge in [0.15, 0.2) is 0 Å². The molecule has 6 heteroatoms. The van der Waals surface area contributed by atoms with Gasteiger partial charge in [-0.25, -0.2) is 0 Å². The number of hydrogen-bond acceptors (Lipinski definition) is 3. The predicted octanol–water partition coefficient (Wildman–Crippen LogP) is 1.02. The van der Waals surface area contributed by atoms with Gasteiger partial charge in [0.2, 0.25) is 0 Å². The van der Waals surface area contributed by atoms with Crippen molar-refractivity contribution in [2.75, 3.05) is 26.2 Å². The fourth-order valence-corrected chi connectivity index (χ4v) is 5.57. The number of nitrogens with zero attached hydrogens (tertiary/aromatic N) is 2. The van der Waals surface area contributed by atoms with Crippen LogP contribution in [0.3, 0.4) is 0 Å². The third kappa shape index (κ3) is 3.29. The van der Waals surface area contributed by atoms with Gasteiger partial charge in [-0.3, -0.25) is 0 Å². The van der Waals surface area contributed by atoms with Crippen molar-refractivity contribution >= 4 is 10.2 Å². The van der Waals surface area contributed by atoms with E-state index in [9.17, 15) is 8.42 Å². The van der Waals surface area contributed by atoms with Gasteiger partial charge < -0.3 is 5.73 Å². The van der Waals surface area contributed by atoms with Gasteiger partial charge in [-0.2, -0.15) is 17.0 Å². The molecule has 2 fully saturated rings. The Kier molecular flexibility index (Phi) is 4.87. The van der Waals surface area contributed by atoms with Crippen molar-refractivity contribution in [1.82, 2.24) is 8.61 Å². The quantitative estimate of drug-likeness (QED) is 0.843. The lowest BCUT2D eigenvalue weighted by molar-refractivity contribution is 0.187. The standard InChI is InChI=1S/C13H27N3O2S/c1-11-7-12(2)10-15(9-11)19(17,18)16-6-4-3-5-13(16)8-14/h11-13H,3-10,14H2,1-2H3/t11-,12-,13-/m1/s1. The average molecular weight is 289 g/mol. The second-order valence-electron chi connectivity index (χ2n) is 6.27. The van der Waals surface area contributed by atoms with E-state index in [0.29, 0.717) is 38.0 Å². The molecule has 2 heterocycles. The van der Waals surface area contributed by atoms with Crippen molar-refractivity contribution in [2.24, 2.45) is 17.6 Å². The van der Waals surface area contributed by atoms with E-state index in [1.165, 1.54) is 0 Å². The molecule has 3 atom stereocenters. The molecule has 112 valence electrons. The zero-order valence-corrected chi connectivity index (χ0v) is 12.9. The van der Waals surface area contributed by atoms with E-state index < -0.39 is 10.2 Å². The van der Waals surface area contributed by atoms with Crippen molar-refractivity contribution < 1.29 is 8.42 Å². The Hall–Kier alpha value is -0.170. The topological polar surface area (TPSA) is 66.6 Å². The highest BCUT2D eigenvalue weighted by atomic mass is 32.2. The van der Waals surface area contributed by atoms with E-state index in [1.54, 1.807) is 8.61 Å². The van der Waals surface area contributed by atoms with Crippen LogP contribution >= 0.6 is 0 Å². The predicted molar refractivity (Wildman–Crippen MR) is 76.8 cm³/mol. The van der Waals surface area contributed by atoms with Crippen LogP contribution in [0.2, 0.25) is 0 Å². The zero-order chi connectivity index (χ0) is 14.0. The molecule has 2 aliphatic rings. The Morgan fingerprint density at radius 1 is 1.16 bits per heavy atom. The summed E-state index contributed by atoms with van der Waals surface area (Å²) in [6.07, 6.45) is 4.05. The van der Waals surface area contributed by atoms with Crippen molar-refractivity contribution in [3.8, 4) is 0 Å². The molecule has 2 aliphatic heterocycles.